The van der Waals surface area contributed by atoms with Crippen molar-refractivity contribution in [2.24, 2.45) is 0 Å². The molecule has 0 fully saturated rings. The van der Waals surface area contributed by atoms with Crippen molar-refractivity contribution in [1.82, 2.24) is 0 Å². The first-order valence-electron chi connectivity index (χ1n) is 12.0. The molecule has 0 bridgehead atoms. The summed E-state index contributed by atoms with van der Waals surface area (Å²) in [6, 6.07) is 46.7. The second-order valence-corrected chi connectivity index (χ2v) is 12.0. The summed E-state index contributed by atoms with van der Waals surface area (Å²) < 4.78 is 20.3. The third-order valence-corrected chi connectivity index (χ3v) is 10.5. The molecule has 0 aliphatic rings. The first-order chi connectivity index (χ1) is 17.8. The minimum Gasteiger partial charge on any atom is -0.454 e. The van der Waals surface area contributed by atoms with Gasteiger partial charge in [-0.05, 0) is 72.3 Å². The zero-order valence-corrected chi connectivity index (χ0v) is 20.8. The SMILES string of the molecule is Fc1ccc(/C=C/C[P+](c2ccccc2)(c2ccccc2)c2ccccc2)cc1Oc1ccccc1. The van der Waals surface area contributed by atoms with Crippen molar-refractivity contribution in [3.8, 4) is 11.5 Å². The van der Waals surface area contributed by atoms with Crippen molar-refractivity contribution in [2.45, 2.75) is 0 Å². The molecule has 0 aliphatic heterocycles. The van der Waals surface area contributed by atoms with Crippen LogP contribution < -0.4 is 20.7 Å². The lowest BCUT2D eigenvalue weighted by atomic mass is 10.2. The quantitative estimate of drug-likeness (QED) is 0.204. The van der Waals surface area contributed by atoms with Crippen molar-refractivity contribution in [3.05, 3.63) is 157 Å². The Balaban J connectivity index is 1.53. The van der Waals surface area contributed by atoms with Gasteiger partial charge in [0.1, 0.15) is 28.9 Å². The van der Waals surface area contributed by atoms with Crippen LogP contribution in [0, 0.1) is 5.82 Å². The van der Waals surface area contributed by atoms with Crippen LogP contribution in [0.5, 0.6) is 11.5 Å². The lowest BCUT2D eigenvalue weighted by Gasteiger charge is -2.26. The van der Waals surface area contributed by atoms with E-state index in [4.69, 9.17) is 4.74 Å². The summed E-state index contributed by atoms with van der Waals surface area (Å²) in [5.41, 5.74) is 0.898. The van der Waals surface area contributed by atoms with Crippen LogP contribution >= 0.6 is 7.26 Å². The normalized spacial score (nSPS) is 11.5. The fourth-order valence-corrected chi connectivity index (χ4v) is 8.47. The van der Waals surface area contributed by atoms with Gasteiger partial charge < -0.3 is 4.74 Å². The van der Waals surface area contributed by atoms with Gasteiger partial charge in [-0.1, -0.05) is 84.9 Å². The number of allylic oxidation sites excluding steroid dienone is 1. The fraction of sp³-hybridized carbons (Fsp3) is 0.0303. The maximum atomic E-state index is 14.5. The van der Waals surface area contributed by atoms with E-state index < -0.39 is 7.26 Å². The van der Waals surface area contributed by atoms with Crippen molar-refractivity contribution in [3.63, 3.8) is 0 Å². The number of hydrogen-bond acceptors (Lipinski definition) is 1. The summed E-state index contributed by atoms with van der Waals surface area (Å²) in [7, 11) is -1.96. The van der Waals surface area contributed by atoms with Gasteiger partial charge in [-0.25, -0.2) is 4.39 Å². The van der Waals surface area contributed by atoms with E-state index in [1.165, 1.54) is 22.0 Å². The molecule has 5 aromatic carbocycles. The smallest absolute Gasteiger partial charge is 0.165 e. The molecular weight excluding hydrogens is 462 g/mol. The first kappa shape index (κ1) is 23.7. The Morgan fingerprint density at radius 2 is 1.06 bits per heavy atom. The predicted octanol–water partition coefficient (Wildman–Crippen LogP) is 7.63. The van der Waals surface area contributed by atoms with E-state index in [-0.39, 0.29) is 11.6 Å². The molecule has 0 N–H and O–H groups in total. The fourth-order valence-electron chi connectivity index (χ4n) is 4.48. The maximum Gasteiger partial charge on any atom is 0.165 e. The highest BCUT2D eigenvalue weighted by Crippen LogP contribution is 2.55. The number of benzene rings is 5. The average molecular weight is 490 g/mol. The van der Waals surface area contributed by atoms with E-state index >= 15 is 0 Å². The van der Waals surface area contributed by atoms with Gasteiger partial charge in [0.05, 0.1) is 6.16 Å². The lowest BCUT2D eigenvalue weighted by molar-refractivity contribution is 0.442. The third kappa shape index (κ3) is 5.15. The Bertz CT molecular complexity index is 1320. The predicted molar refractivity (Wildman–Crippen MR) is 152 cm³/mol. The Kier molecular flexibility index (Phi) is 7.36. The molecule has 3 heteroatoms. The van der Waals surface area contributed by atoms with Crippen molar-refractivity contribution in [2.75, 3.05) is 6.16 Å². The molecule has 0 aromatic heterocycles. The van der Waals surface area contributed by atoms with Gasteiger partial charge in [0.15, 0.2) is 11.6 Å². The molecule has 0 spiro atoms. The zero-order valence-electron chi connectivity index (χ0n) is 19.9. The second kappa shape index (κ2) is 11.2. The Morgan fingerprint density at radius 3 is 1.56 bits per heavy atom. The van der Waals surface area contributed by atoms with Crippen LogP contribution in [-0.2, 0) is 0 Å². The Morgan fingerprint density at radius 1 is 0.583 bits per heavy atom. The molecule has 0 unspecified atom stereocenters. The second-order valence-electron chi connectivity index (χ2n) is 8.51. The van der Waals surface area contributed by atoms with Gasteiger partial charge in [-0.2, -0.15) is 0 Å². The number of ether oxygens (including phenoxy) is 1. The maximum absolute atomic E-state index is 14.5. The van der Waals surface area contributed by atoms with E-state index in [0.717, 1.165) is 11.7 Å². The summed E-state index contributed by atoms with van der Waals surface area (Å²) in [6.45, 7) is 0. The highest BCUT2D eigenvalue weighted by Gasteiger charge is 2.44. The standard InChI is InChI=1S/C33H27FOP/c34-32-24-23-27(26-33(32)35-28-15-5-1-6-16-28)14-13-25-36(29-17-7-2-8-18-29,30-19-9-3-10-20-30)31-21-11-4-12-22-31/h1-24,26H,25H2/q+1/b14-13+. The summed E-state index contributed by atoms with van der Waals surface area (Å²) >= 11 is 0. The largest absolute Gasteiger partial charge is 0.454 e. The zero-order chi connectivity index (χ0) is 24.6. The Hall–Kier alpha value is -4.00. The van der Waals surface area contributed by atoms with Gasteiger partial charge in [0.2, 0.25) is 0 Å². The monoisotopic (exact) mass is 489 g/mol. The van der Waals surface area contributed by atoms with Gasteiger partial charge in [0, 0.05) is 0 Å². The number of para-hydroxylation sites is 1. The van der Waals surface area contributed by atoms with Gasteiger partial charge in [-0.3, -0.25) is 0 Å². The van der Waals surface area contributed by atoms with Crippen LogP contribution in [0.1, 0.15) is 5.56 Å². The number of hydrogen-bond donors (Lipinski definition) is 0. The number of rotatable bonds is 8. The molecule has 0 amide bonds. The Labute approximate surface area is 212 Å². The highest BCUT2D eigenvalue weighted by atomic mass is 31.2. The first-order valence-corrected chi connectivity index (χ1v) is 14.0. The van der Waals surface area contributed by atoms with Crippen molar-refractivity contribution >= 4 is 29.3 Å². The molecule has 0 saturated heterocycles. The molecule has 0 radical (unpaired) electrons. The van der Waals surface area contributed by atoms with Crippen molar-refractivity contribution < 1.29 is 9.13 Å². The molecule has 5 aromatic rings. The van der Waals surface area contributed by atoms with Gasteiger partial charge in [0.25, 0.3) is 0 Å². The average Bonchev–Trinajstić information content (AvgIpc) is 2.95. The van der Waals surface area contributed by atoms with Crippen LogP contribution in [0.2, 0.25) is 0 Å². The molecule has 176 valence electrons. The van der Waals surface area contributed by atoms with E-state index in [0.29, 0.717) is 5.75 Å². The molecule has 1 nitrogen and oxygen atoms in total. The van der Waals surface area contributed by atoms with E-state index in [1.807, 2.05) is 30.3 Å². The highest BCUT2D eigenvalue weighted by molar-refractivity contribution is 7.95. The summed E-state index contributed by atoms with van der Waals surface area (Å²) in [5.74, 6) is 0.453. The van der Waals surface area contributed by atoms with E-state index in [9.17, 15) is 4.39 Å². The molecule has 36 heavy (non-hydrogen) atoms. The van der Waals surface area contributed by atoms with Crippen LogP contribution in [0.25, 0.3) is 6.08 Å². The third-order valence-electron chi connectivity index (χ3n) is 6.21. The van der Waals surface area contributed by atoms with E-state index in [2.05, 4.69) is 103 Å². The molecule has 0 aliphatic carbocycles. The molecular formula is C33H27FOP+. The lowest BCUT2D eigenvalue weighted by Crippen LogP contribution is -2.32. The van der Waals surface area contributed by atoms with Crippen LogP contribution in [0.15, 0.2) is 146 Å². The molecule has 0 heterocycles. The van der Waals surface area contributed by atoms with Gasteiger partial charge in [-0.15, -0.1) is 0 Å². The minimum atomic E-state index is -1.96. The summed E-state index contributed by atoms with van der Waals surface area (Å²) in [5, 5.41) is 4.00. The van der Waals surface area contributed by atoms with Crippen LogP contribution in [-0.4, -0.2) is 6.16 Å². The van der Waals surface area contributed by atoms with Crippen LogP contribution in [0.3, 0.4) is 0 Å². The molecule has 0 atom stereocenters. The van der Waals surface area contributed by atoms with Gasteiger partial charge >= 0.3 is 0 Å². The molecule has 0 saturated carbocycles. The van der Waals surface area contributed by atoms with E-state index in [1.54, 1.807) is 12.1 Å². The number of halogens is 1. The van der Waals surface area contributed by atoms with Crippen LogP contribution in [0.4, 0.5) is 4.39 Å². The minimum absolute atomic E-state index is 0.221. The summed E-state index contributed by atoms with van der Waals surface area (Å²) in [6.07, 6.45) is 5.14. The molecule has 5 rings (SSSR count). The topological polar surface area (TPSA) is 9.23 Å². The summed E-state index contributed by atoms with van der Waals surface area (Å²) in [4.78, 5) is 0. The van der Waals surface area contributed by atoms with Crippen molar-refractivity contribution in [1.29, 1.82) is 0 Å².